The van der Waals surface area contributed by atoms with Crippen molar-refractivity contribution in [2.45, 2.75) is 52.6 Å². The highest BCUT2D eigenvalue weighted by Gasteiger charge is 2.32. The Bertz CT molecular complexity index is 511. The molecular weight excluding hydrogens is 346 g/mol. The number of carbonyl (C=O) groups is 3. The van der Waals surface area contributed by atoms with Gasteiger partial charge in [-0.3, -0.25) is 14.4 Å². The van der Waals surface area contributed by atoms with Crippen LogP contribution >= 0.6 is 0 Å². The van der Waals surface area contributed by atoms with Crippen molar-refractivity contribution in [3.63, 3.8) is 0 Å². The lowest BCUT2D eigenvalue weighted by atomic mass is 10.0. The van der Waals surface area contributed by atoms with E-state index in [1.54, 1.807) is 6.92 Å². The Labute approximate surface area is 162 Å². The van der Waals surface area contributed by atoms with Gasteiger partial charge in [0.25, 0.3) is 0 Å². The predicted molar refractivity (Wildman–Crippen MR) is 104 cm³/mol. The SMILES string of the molecule is CC(=O)N[C@H](C)C(=O)N1CCN(N(CC(C)C)C2CCN(C=O)CC2)CC1. The van der Waals surface area contributed by atoms with Gasteiger partial charge in [-0.05, 0) is 25.7 Å². The Hall–Kier alpha value is -1.67. The van der Waals surface area contributed by atoms with Crippen molar-refractivity contribution < 1.29 is 14.4 Å². The molecule has 154 valence electrons. The van der Waals surface area contributed by atoms with Gasteiger partial charge in [-0.2, -0.15) is 0 Å². The molecule has 8 heteroatoms. The van der Waals surface area contributed by atoms with Gasteiger partial charge in [0.15, 0.2) is 0 Å². The molecular formula is C19H35N5O3. The van der Waals surface area contributed by atoms with E-state index < -0.39 is 6.04 Å². The van der Waals surface area contributed by atoms with E-state index in [1.165, 1.54) is 6.92 Å². The van der Waals surface area contributed by atoms with E-state index in [1.807, 2.05) is 9.80 Å². The molecule has 2 saturated heterocycles. The molecule has 0 aromatic rings. The number of nitrogens with one attached hydrogen (secondary N) is 1. The Morgan fingerprint density at radius 1 is 1.07 bits per heavy atom. The third-order valence-corrected chi connectivity index (χ3v) is 5.34. The summed E-state index contributed by atoms with van der Waals surface area (Å²) in [6.07, 6.45) is 2.93. The fourth-order valence-electron chi connectivity index (χ4n) is 3.97. The number of amides is 3. The number of carbonyl (C=O) groups excluding carboxylic acids is 3. The molecule has 0 spiro atoms. The van der Waals surface area contributed by atoms with Gasteiger partial charge in [0.2, 0.25) is 18.2 Å². The molecule has 0 aromatic heterocycles. The van der Waals surface area contributed by atoms with Gasteiger partial charge in [-0.15, -0.1) is 0 Å². The zero-order valence-electron chi connectivity index (χ0n) is 17.2. The second-order valence-electron chi connectivity index (χ2n) is 8.09. The maximum Gasteiger partial charge on any atom is 0.244 e. The van der Waals surface area contributed by atoms with Crippen LogP contribution < -0.4 is 5.32 Å². The van der Waals surface area contributed by atoms with E-state index in [2.05, 4.69) is 29.2 Å². The average Bonchev–Trinajstić information content (AvgIpc) is 2.65. The predicted octanol–water partition coefficient (Wildman–Crippen LogP) is 0.149. The minimum absolute atomic E-state index is 0.0143. The molecule has 27 heavy (non-hydrogen) atoms. The Morgan fingerprint density at radius 2 is 1.67 bits per heavy atom. The van der Waals surface area contributed by atoms with Crippen molar-refractivity contribution in [3.8, 4) is 0 Å². The Balaban J connectivity index is 1.92. The summed E-state index contributed by atoms with van der Waals surface area (Å²) in [7, 11) is 0. The molecule has 0 aliphatic carbocycles. The van der Waals surface area contributed by atoms with Crippen LogP contribution in [0.25, 0.3) is 0 Å². The van der Waals surface area contributed by atoms with Gasteiger partial charge in [-0.1, -0.05) is 13.8 Å². The second-order valence-corrected chi connectivity index (χ2v) is 8.09. The summed E-state index contributed by atoms with van der Waals surface area (Å²) in [4.78, 5) is 38.4. The topological polar surface area (TPSA) is 76.2 Å². The molecule has 2 aliphatic heterocycles. The number of rotatable bonds is 7. The molecule has 2 rings (SSSR count). The van der Waals surface area contributed by atoms with Gasteiger partial charge in [-0.25, -0.2) is 10.0 Å². The van der Waals surface area contributed by atoms with E-state index >= 15 is 0 Å². The van der Waals surface area contributed by atoms with E-state index in [0.29, 0.717) is 25.0 Å². The number of piperazine rings is 1. The van der Waals surface area contributed by atoms with Gasteiger partial charge in [0, 0.05) is 58.8 Å². The van der Waals surface area contributed by atoms with E-state index in [-0.39, 0.29) is 11.8 Å². The van der Waals surface area contributed by atoms with Crippen LogP contribution in [0.5, 0.6) is 0 Å². The van der Waals surface area contributed by atoms with Crippen LogP contribution in [0.1, 0.15) is 40.5 Å². The summed E-state index contributed by atoms with van der Waals surface area (Å²) in [5, 5.41) is 7.54. The quantitative estimate of drug-likeness (QED) is 0.636. The molecule has 0 aromatic carbocycles. The largest absolute Gasteiger partial charge is 0.345 e. The van der Waals surface area contributed by atoms with Gasteiger partial charge in [0.05, 0.1) is 0 Å². The van der Waals surface area contributed by atoms with Gasteiger partial charge >= 0.3 is 0 Å². The summed E-state index contributed by atoms with van der Waals surface area (Å²) >= 11 is 0. The van der Waals surface area contributed by atoms with Crippen molar-refractivity contribution in [2.75, 3.05) is 45.8 Å². The summed E-state index contributed by atoms with van der Waals surface area (Å²) in [5.41, 5.74) is 0. The molecule has 1 atom stereocenters. The number of hydrogen-bond donors (Lipinski definition) is 1. The van der Waals surface area contributed by atoms with Crippen LogP contribution in [0.2, 0.25) is 0 Å². The van der Waals surface area contributed by atoms with E-state index in [0.717, 1.165) is 52.0 Å². The van der Waals surface area contributed by atoms with Crippen LogP contribution in [0, 0.1) is 5.92 Å². The zero-order chi connectivity index (χ0) is 20.0. The highest BCUT2D eigenvalue weighted by atomic mass is 16.2. The first kappa shape index (κ1) is 21.6. The first-order chi connectivity index (χ1) is 12.8. The molecule has 1 N–H and O–H groups in total. The molecule has 3 amide bonds. The highest BCUT2D eigenvalue weighted by Crippen LogP contribution is 2.21. The second kappa shape index (κ2) is 10.0. The van der Waals surface area contributed by atoms with Crippen LogP contribution in [-0.2, 0) is 14.4 Å². The maximum absolute atomic E-state index is 12.5. The standard InChI is InChI=1S/C19H35N5O3/c1-15(2)13-24(18-5-7-21(14-25)8-6-18)23-11-9-22(10-12-23)19(27)16(3)20-17(4)26/h14-16,18H,5-13H2,1-4H3,(H,20,26)/t16-/m1/s1. The number of nitrogens with zero attached hydrogens (tertiary/aromatic N) is 4. The number of likely N-dealkylation sites (tertiary alicyclic amines) is 1. The van der Waals surface area contributed by atoms with Crippen molar-refractivity contribution >= 4 is 18.2 Å². The summed E-state index contributed by atoms with van der Waals surface area (Å²) in [6.45, 7) is 13.2. The Kier molecular flexibility index (Phi) is 8.04. The van der Waals surface area contributed by atoms with Crippen molar-refractivity contribution in [1.29, 1.82) is 0 Å². The molecule has 8 nitrogen and oxygen atoms in total. The molecule has 2 fully saturated rings. The summed E-state index contributed by atoms with van der Waals surface area (Å²) < 4.78 is 0. The number of hydrazine groups is 1. The fourth-order valence-corrected chi connectivity index (χ4v) is 3.97. The molecule has 0 bridgehead atoms. The molecule has 2 heterocycles. The molecule has 0 unspecified atom stereocenters. The number of piperidine rings is 1. The van der Waals surface area contributed by atoms with Crippen molar-refractivity contribution in [2.24, 2.45) is 5.92 Å². The lowest BCUT2D eigenvalue weighted by Crippen LogP contribution is -2.61. The maximum atomic E-state index is 12.5. The highest BCUT2D eigenvalue weighted by molar-refractivity contribution is 5.86. The van der Waals surface area contributed by atoms with Crippen LogP contribution in [0.3, 0.4) is 0 Å². The monoisotopic (exact) mass is 381 g/mol. The summed E-state index contributed by atoms with van der Waals surface area (Å²) in [5.74, 6) is 0.354. The van der Waals surface area contributed by atoms with Crippen molar-refractivity contribution in [1.82, 2.24) is 25.1 Å². The first-order valence-electron chi connectivity index (χ1n) is 10.1. The Morgan fingerprint density at radius 3 is 2.15 bits per heavy atom. The third kappa shape index (κ3) is 6.17. The number of hydrogen-bond acceptors (Lipinski definition) is 5. The van der Waals surface area contributed by atoms with Crippen LogP contribution in [-0.4, -0.2) is 95.9 Å². The smallest absolute Gasteiger partial charge is 0.244 e. The lowest BCUT2D eigenvalue weighted by Gasteiger charge is -2.47. The average molecular weight is 382 g/mol. The molecule has 2 aliphatic rings. The first-order valence-corrected chi connectivity index (χ1v) is 10.1. The summed E-state index contributed by atoms with van der Waals surface area (Å²) in [6, 6.07) is -0.0300. The minimum Gasteiger partial charge on any atom is -0.345 e. The minimum atomic E-state index is -0.478. The van der Waals surface area contributed by atoms with E-state index in [4.69, 9.17) is 0 Å². The van der Waals surface area contributed by atoms with Crippen molar-refractivity contribution in [3.05, 3.63) is 0 Å². The van der Waals surface area contributed by atoms with Crippen LogP contribution in [0.4, 0.5) is 0 Å². The van der Waals surface area contributed by atoms with Crippen LogP contribution in [0.15, 0.2) is 0 Å². The van der Waals surface area contributed by atoms with E-state index in [9.17, 15) is 14.4 Å². The van der Waals surface area contributed by atoms with Gasteiger partial charge in [0.1, 0.15) is 6.04 Å². The zero-order valence-corrected chi connectivity index (χ0v) is 17.2. The third-order valence-electron chi connectivity index (χ3n) is 5.34. The van der Waals surface area contributed by atoms with Gasteiger partial charge < -0.3 is 15.1 Å². The molecule has 0 radical (unpaired) electrons. The lowest BCUT2D eigenvalue weighted by molar-refractivity contribution is -0.144. The fraction of sp³-hybridized carbons (Fsp3) is 0.842. The molecule has 0 saturated carbocycles. The normalized spacial score (nSPS) is 20.8.